The van der Waals surface area contributed by atoms with E-state index in [9.17, 15) is 0 Å². The zero-order valence-electron chi connectivity index (χ0n) is 29.5. The fraction of sp³-hybridized carbons (Fsp3) is 0. The van der Waals surface area contributed by atoms with E-state index in [4.69, 9.17) is 19.9 Å². The molecule has 4 nitrogen and oxygen atoms in total. The number of thiophene rings is 1. The second-order valence-electron chi connectivity index (χ2n) is 13.8. The summed E-state index contributed by atoms with van der Waals surface area (Å²) in [5.41, 5.74) is 7.12. The number of hydrogen-bond acceptors (Lipinski definition) is 5. The standard InChI is InChI=1S/C50H30N4S/c1-2-11-34(12-3-1)47-52-48(35-23-18-31(19-24-35)37-28-29-40-38(30-37)27-20-32-10-4-5-13-39(32)40)54-49(53-47)36-25-21-33(22-26-36)46-42-15-7-6-14-41(42)45-43-16-8-9-17-44(43)55-50(45)51-46/h1-30H. The van der Waals surface area contributed by atoms with Crippen molar-refractivity contribution >= 4 is 64.0 Å². The maximum absolute atomic E-state index is 5.25. The average molecular weight is 719 g/mol. The van der Waals surface area contributed by atoms with Crippen molar-refractivity contribution in [3.63, 3.8) is 0 Å². The summed E-state index contributed by atoms with van der Waals surface area (Å²) in [5, 5.41) is 9.86. The number of benzene rings is 8. The molecule has 0 aliphatic rings. The summed E-state index contributed by atoms with van der Waals surface area (Å²) in [7, 11) is 0. The van der Waals surface area contributed by atoms with Crippen LogP contribution in [-0.2, 0) is 0 Å². The van der Waals surface area contributed by atoms with E-state index >= 15 is 0 Å². The van der Waals surface area contributed by atoms with Crippen LogP contribution in [0.15, 0.2) is 182 Å². The van der Waals surface area contributed by atoms with Crippen LogP contribution in [-0.4, -0.2) is 19.9 Å². The molecule has 0 amide bonds. The van der Waals surface area contributed by atoms with Crippen LogP contribution >= 0.6 is 11.3 Å². The molecule has 8 aromatic carbocycles. The number of aromatic nitrogens is 4. The predicted molar refractivity (Wildman–Crippen MR) is 230 cm³/mol. The van der Waals surface area contributed by atoms with Crippen molar-refractivity contribution in [1.29, 1.82) is 0 Å². The van der Waals surface area contributed by atoms with Crippen LogP contribution in [0.1, 0.15) is 0 Å². The lowest BCUT2D eigenvalue weighted by Gasteiger charge is -2.11. The zero-order chi connectivity index (χ0) is 36.3. The van der Waals surface area contributed by atoms with Crippen LogP contribution in [0.2, 0.25) is 0 Å². The summed E-state index contributed by atoms with van der Waals surface area (Å²) in [6, 6.07) is 64.0. The molecule has 0 saturated heterocycles. The summed E-state index contributed by atoms with van der Waals surface area (Å²) in [4.78, 5) is 21.3. The number of fused-ring (bicyclic) bond motifs is 8. The molecule has 0 bridgehead atoms. The molecule has 0 aliphatic heterocycles. The Morgan fingerprint density at radius 1 is 0.309 bits per heavy atom. The maximum Gasteiger partial charge on any atom is 0.164 e. The van der Waals surface area contributed by atoms with Crippen molar-refractivity contribution in [3.05, 3.63) is 182 Å². The lowest BCUT2D eigenvalue weighted by atomic mass is 9.97. The van der Waals surface area contributed by atoms with Gasteiger partial charge in [-0.3, -0.25) is 0 Å². The van der Waals surface area contributed by atoms with Crippen molar-refractivity contribution in [1.82, 2.24) is 19.9 Å². The molecule has 0 unspecified atom stereocenters. The molecule has 256 valence electrons. The Bertz CT molecular complexity index is 3240. The van der Waals surface area contributed by atoms with Gasteiger partial charge in [0.1, 0.15) is 4.83 Å². The monoisotopic (exact) mass is 718 g/mol. The van der Waals surface area contributed by atoms with E-state index in [2.05, 4.69) is 152 Å². The minimum absolute atomic E-state index is 0.624. The van der Waals surface area contributed by atoms with Gasteiger partial charge in [0, 0.05) is 43.1 Å². The first-order chi connectivity index (χ1) is 27.2. The van der Waals surface area contributed by atoms with Gasteiger partial charge in [-0.2, -0.15) is 0 Å². The Morgan fingerprint density at radius 3 is 1.55 bits per heavy atom. The molecule has 55 heavy (non-hydrogen) atoms. The maximum atomic E-state index is 5.25. The van der Waals surface area contributed by atoms with Gasteiger partial charge in [0.15, 0.2) is 17.5 Å². The number of nitrogens with zero attached hydrogens (tertiary/aromatic N) is 4. The Balaban J connectivity index is 0.972. The van der Waals surface area contributed by atoms with Gasteiger partial charge in [-0.25, -0.2) is 19.9 Å². The number of pyridine rings is 1. The molecule has 11 aromatic rings. The van der Waals surface area contributed by atoms with Crippen LogP contribution in [0.25, 0.3) is 109 Å². The van der Waals surface area contributed by atoms with Crippen LogP contribution in [0.5, 0.6) is 0 Å². The van der Waals surface area contributed by atoms with Crippen molar-refractivity contribution in [2.75, 3.05) is 0 Å². The van der Waals surface area contributed by atoms with E-state index in [1.54, 1.807) is 11.3 Å². The molecule has 0 spiro atoms. The second kappa shape index (κ2) is 12.8. The second-order valence-corrected chi connectivity index (χ2v) is 14.9. The van der Waals surface area contributed by atoms with E-state index in [0.717, 1.165) is 43.7 Å². The molecule has 0 saturated carbocycles. The van der Waals surface area contributed by atoms with Gasteiger partial charge in [0.2, 0.25) is 0 Å². The van der Waals surface area contributed by atoms with E-state index < -0.39 is 0 Å². The molecule has 0 N–H and O–H groups in total. The highest BCUT2D eigenvalue weighted by molar-refractivity contribution is 7.25. The van der Waals surface area contributed by atoms with E-state index in [-0.39, 0.29) is 0 Å². The quantitative estimate of drug-likeness (QED) is 0.166. The largest absolute Gasteiger partial charge is 0.236 e. The molecular formula is C50H30N4S. The predicted octanol–water partition coefficient (Wildman–Crippen LogP) is 13.4. The lowest BCUT2D eigenvalue weighted by Crippen LogP contribution is -2.00. The Labute approximate surface area is 321 Å². The number of rotatable bonds is 5. The van der Waals surface area contributed by atoms with Crippen LogP contribution < -0.4 is 0 Å². The van der Waals surface area contributed by atoms with Crippen LogP contribution in [0.4, 0.5) is 0 Å². The fourth-order valence-corrected chi connectivity index (χ4v) is 8.89. The van der Waals surface area contributed by atoms with Gasteiger partial charge in [0.25, 0.3) is 0 Å². The summed E-state index contributed by atoms with van der Waals surface area (Å²) < 4.78 is 1.25. The third-order valence-corrected chi connectivity index (χ3v) is 11.6. The molecule has 3 heterocycles. The number of hydrogen-bond donors (Lipinski definition) is 0. The Morgan fingerprint density at radius 2 is 0.818 bits per heavy atom. The van der Waals surface area contributed by atoms with Gasteiger partial charge >= 0.3 is 0 Å². The lowest BCUT2D eigenvalue weighted by molar-refractivity contribution is 1.07. The van der Waals surface area contributed by atoms with Gasteiger partial charge in [-0.1, -0.05) is 170 Å². The van der Waals surface area contributed by atoms with Gasteiger partial charge in [0.05, 0.1) is 5.69 Å². The molecule has 0 atom stereocenters. The van der Waals surface area contributed by atoms with Gasteiger partial charge < -0.3 is 0 Å². The first-order valence-corrected chi connectivity index (χ1v) is 19.2. The van der Waals surface area contributed by atoms with E-state index in [1.165, 1.54) is 48.0 Å². The molecule has 0 radical (unpaired) electrons. The van der Waals surface area contributed by atoms with E-state index in [0.29, 0.717) is 17.5 Å². The fourth-order valence-electron chi connectivity index (χ4n) is 7.79. The SMILES string of the molecule is c1ccc(-c2nc(-c3ccc(-c4ccc5c(ccc6ccccc65)c4)cc3)nc(-c3ccc(-c4nc5sc6ccccc6c5c5ccccc45)cc3)n2)cc1. The summed E-state index contributed by atoms with van der Waals surface area (Å²) in [5.74, 6) is 1.89. The van der Waals surface area contributed by atoms with Crippen molar-refractivity contribution in [3.8, 4) is 56.5 Å². The molecule has 5 heteroatoms. The first-order valence-electron chi connectivity index (χ1n) is 18.4. The minimum Gasteiger partial charge on any atom is -0.236 e. The van der Waals surface area contributed by atoms with E-state index in [1.807, 2.05) is 30.3 Å². The molecule has 0 fully saturated rings. The summed E-state index contributed by atoms with van der Waals surface area (Å²) in [6.07, 6.45) is 0. The normalized spacial score (nSPS) is 11.6. The van der Waals surface area contributed by atoms with Crippen LogP contribution in [0.3, 0.4) is 0 Å². The highest BCUT2D eigenvalue weighted by Gasteiger charge is 2.17. The smallest absolute Gasteiger partial charge is 0.164 e. The third-order valence-electron chi connectivity index (χ3n) is 10.5. The van der Waals surface area contributed by atoms with Crippen LogP contribution in [0, 0.1) is 0 Å². The minimum atomic E-state index is 0.624. The topological polar surface area (TPSA) is 51.6 Å². The summed E-state index contributed by atoms with van der Waals surface area (Å²) >= 11 is 1.75. The molecule has 11 rings (SSSR count). The van der Waals surface area contributed by atoms with Crippen molar-refractivity contribution in [2.24, 2.45) is 0 Å². The van der Waals surface area contributed by atoms with Gasteiger partial charge in [-0.05, 0) is 50.2 Å². The molecule has 3 aromatic heterocycles. The first kappa shape index (κ1) is 31.4. The summed E-state index contributed by atoms with van der Waals surface area (Å²) in [6.45, 7) is 0. The third kappa shape index (κ3) is 5.44. The highest BCUT2D eigenvalue weighted by Crippen LogP contribution is 2.41. The Kier molecular flexibility index (Phi) is 7.32. The van der Waals surface area contributed by atoms with Crippen molar-refractivity contribution in [2.45, 2.75) is 0 Å². The van der Waals surface area contributed by atoms with Gasteiger partial charge in [-0.15, -0.1) is 11.3 Å². The molecule has 0 aliphatic carbocycles. The highest BCUT2D eigenvalue weighted by atomic mass is 32.1. The molecular weight excluding hydrogens is 689 g/mol. The van der Waals surface area contributed by atoms with Crippen molar-refractivity contribution < 1.29 is 0 Å². The average Bonchev–Trinajstić information content (AvgIpc) is 3.65. The zero-order valence-corrected chi connectivity index (χ0v) is 30.3. The Hall–Kier alpha value is -7.08.